The van der Waals surface area contributed by atoms with Crippen molar-refractivity contribution in [3.63, 3.8) is 0 Å². The fraction of sp³-hybridized carbons (Fsp3) is 0.571. The van der Waals surface area contributed by atoms with Gasteiger partial charge in [-0.3, -0.25) is 4.18 Å². The lowest BCUT2D eigenvalue weighted by molar-refractivity contribution is -0.0816. The highest BCUT2D eigenvalue weighted by Crippen LogP contribution is 2.26. The summed E-state index contributed by atoms with van der Waals surface area (Å²) in [5.74, 6) is -1.65. The Balaban J connectivity index is 3.03. The smallest absolute Gasteiger partial charge is 0.264 e. The molecule has 0 aromatic heterocycles. The summed E-state index contributed by atoms with van der Waals surface area (Å²) in [5.41, 5.74) is -2.34. The fourth-order valence-electron chi connectivity index (χ4n) is 1.73. The van der Waals surface area contributed by atoms with E-state index in [4.69, 9.17) is 4.74 Å². The fourth-order valence-corrected chi connectivity index (χ4v) is 2.14. The van der Waals surface area contributed by atoms with Crippen molar-refractivity contribution in [1.82, 2.24) is 0 Å². The van der Waals surface area contributed by atoms with Crippen molar-refractivity contribution in [2.24, 2.45) is 5.92 Å². The summed E-state index contributed by atoms with van der Waals surface area (Å²) in [4.78, 5) is 0. The van der Waals surface area contributed by atoms with Gasteiger partial charge in [0.1, 0.15) is 23.8 Å². The van der Waals surface area contributed by atoms with Crippen LogP contribution in [0.25, 0.3) is 0 Å². The molecule has 22 heavy (non-hydrogen) atoms. The molecular formula is C14H20F2O5S. The molecule has 5 nitrogen and oxygen atoms in total. The molecule has 0 aliphatic rings. The van der Waals surface area contributed by atoms with Crippen LogP contribution >= 0.6 is 0 Å². The average Bonchev–Trinajstić information content (AvgIpc) is 2.35. The molecule has 0 bridgehead atoms. The van der Waals surface area contributed by atoms with Gasteiger partial charge in [0, 0.05) is 18.2 Å². The van der Waals surface area contributed by atoms with Crippen molar-refractivity contribution in [2.75, 3.05) is 26.1 Å². The second-order valence-corrected chi connectivity index (χ2v) is 7.17. The van der Waals surface area contributed by atoms with Gasteiger partial charge in [0.05, 0.1) is 12.9 Å². The van der Waals surface area contributed by atoms with Crippen LogP contribution in [0.4, 0.5) is 8.78 Å². The van der Waals surface area contributed by atoms with Crippen molar-refractivity contribution in [1.29, 1.82) is 0 Å². The first-order chi connectivity index (χ1) is 10.0. The summed E-state index contributed by atoms with van der Waals surface area (Å²) in [6, 6.07) is 2.60. The normalized spacial score (nSPS) is 15.0. The molecule has 1 N–H and O–H groups in total. The van der Waals surface area contributed by atoms with Gasteiger partial charge in [-0.05, 0) is 12.0 Å². The second kappa shape index (κ2) is 7.45. The maximum atomic E-state index is 13.9. The third kappa shape index (κ3) is 5.96. The van der Waals surface area contributed by atoms with Crippen molar-refractivity contribution in [3.8, 4) is 0 Å². The molecule has 126 valence electrons. The van der Waals surface area contributed by atoms with Gasteiger partial charge < -0.3 is 9.84 Å². The van der Waals surface area contributed by atoms with Gasteiger partial charge in [0.15, 0.2) is 0 Å². The third-order valence-electron chi connectivity index (χ3n) is 2.74. The summed E-state index contributed by atoms with van der Waals surface area (Å²) in [6.07, 6.45) is 0.809. The van der Waals surface area contributed by atoms with Gasteiger partial charge in [0.2, 0.25) is 0 Å². The monoisotopic (exact) mass is 338 g/mol. The summed E-state index contributed by atoms with van der Waals surface area (Å²) >= 11 is 0. The molecule has 1 aromatic rings. The van der Waals surface area contributed by atoms with E-state index in [1.807, 2.05) is 13.8 Å². The highest BCUT2D eigenvalue weighted by molar-refractivity contribution is 7.85. The van der Waals surface area contributed by atoms with Crippen LogP contribution in [0, 0.1) is 17.6 Å². The average molecular weight is 338 g/mol. The maximum Gasteiger partial charge on any atom is 0.264 e. The van der Waals surface area contributed by atoms with Crippen LogP contribution in [0.2, 0.25) is 0 Å². The van der Waals surface area contributed by atoms with Gasteiger partial charge >= 0.3 is 0 Å². The SMILES string of the molecule is CC(C)COCC(O)(COS(C)(=O)=O)c1ccc(F)cc1F. The molecule has 1 aromatic carbocycles. The summed E-state index contributed by atoms with van der Waals surface area (Å²) in [7, 11) is -3.84. The quantitative estimate of drug-likeness (QED) is 0.732. The van der Waals surface area contributed by atoms with E-state index in [2.05, 4.69) is 4.18 Å². The van der Waals surface area contributed by atoms with E-state index in [0.29, 0.717) is 6.07 Å². The second-order valence-electron chi connectivity index (χ2n) is 5.53. The van der Waals surface area contributed by atoms with E-state index in [1.54, 1.807) is 0 Å². The molecule has 0 heterocycles. The van der Waals surface area contributed by atoms with Gasteiger partial charge in [-0.1, -0.05) is 19.9 Å². The van der Waals surface area contributed by atoms with E-state index in [0.717, 1.165) is 18.4 Å². The van der Waals surface area contributed by atoms with Crippen molar-refractivity contribution >= 4 is 10.1 Å². The molecule has 8 heteroatoms. The van der Waals surface area contributed by atoms with E-state index in [-0.39, 0.29) is 24.7 Å². The van der Waals surface area contributed by atoms with E-state index >= 15 is 0 Å². The molecular weight excluding hydrogens is 318 g/mol. The highest BCUT2D eigenvalue weighted by atomic mass is 32.2. The Hall–Kier alpha value is -1.09. The zero-order valence-corrected chi connectivity index (χ0v) is 13.5. The van der Waals surface area contributed by atoms with Gasteiger partial charge in [-0.25, -0.2) is 8.78 Å². The molecule has 1 unspecified atom stereocenters. The highest BCUT2D eigenvalue weighted by Gasteiger charge is 2.35. The predicted octanol–water partition coefficient (Wildman–Crippen LogP) is 1.80. The summed E-state index contributed by atoms with van der Waals surface area (Å²) in [6.45, 7) is 2.93. The standard InChI is InChI=1S/C14H20F2O5S/c1-10(2)7-20-8-14(17,9-21-22(3,18)19)12-5-4-11(15)6-13(12)16/h4-6,10,17H,7-9H2,1-3H3. The van der Waals surface area contributed by atoms with Crippen LogP contribution in [0.3, 0.4) is 0 Å². The minimum absolute atomic E-state index is 0.165. The first-order valence-corrected chi connectivity index (χ1v) is 8.45. The number of hydrogen-bond acceptors (Lipinski definition) is 5. The molecule has 0 radical (unpaired) electrons. The molecule has 1 rings (SSSR count). The maximum absolute atomic E-state index is 13.9. The number of aliphatic hydroxyl groups is 1. The molecule has 0 aliphatic heterocycles. The molecule has 0 saturated heterocycles. The van der Waals surface area contributed by atoms with Gasteiger partial charge in [-0.2, -0.15) is 8.42 Å². The van der Waals surface area contributed by atoms with Crippen LogP contribution in [0.1, 0.15) is 19.4 Å². The van der Waals surface area contributed by atoms with Crippen molar-refractivity contribution < 1.29 is 31.2 Å². The van der Waals surface area contributed by atoms with E-state index < -0.39 is 34.0 Å². The van der Waals surface area contributed by atoms with Crippen LogP contribution < -0.4 is 0 Å². The Morgan fingerprint density at radius 3 is 2.41 bits per heavy atom. The van der Waals surface area contributed by atoms with Crippen molar-refractivity contribution in [2.45, 2.75) is 19.4 Å². The molecule has 1 atom stereocenters. The Kier molecular flexibility index (Phi) is 6.42. The zero-order valence-electron chi connectivity index (χ0n) is 12.7. The third-order valence-corrected chi connectivity index (χ3v) is 3.28. The minimum Gasteiger partial charge on any atom is -0.380 e. The largest absolute Gasteiger partial charge is 0.380 e. The lowest BCUT2D eigenvalue weighted by atomic mass is 9.95. The van der Waals surface area contributed by atoms with Crippen LogP contribution in [0.15, 0.2) is 18.2 Å². The first kappa shape index (κ1) is 19.0. The minimum atomic E-state index is -3.84. The molecule has 0 fully saturated rings. The van der Waals surface area contributed by atoms with Crippen molar-refractivity contribution in [3.05, 3.63) is 35.4 Å². The van der Waals surface area contributed by atoms with E-state index in [1.165, 1.54) is 0 Å². The molecule has 0 spiro atoms. The lowest BCUT2D eigenvalue weighted by Gasteiger charge is -2.28. The number of hydrogen-bond donors (Lipinski definition) is 1. The Morgan fingerprint density at radius 2 is 1.91 bits per heavy atom. The van der Waals surface area contributed by atoms with Crippen LogP contribution in [-0.4, -0.2) is 39.6 Å². The van der Waals surface area contributed by atoms with E-state index in [9.17, 15) is 22.3 Å². The Labute approximate surface area is 129 Å². The first-order valence-electron chi connectivity index (χ1n) is 6.63. The van der Waals surface area contributed by atoms with Crippen LogP contribution in [0.5, 0.6) is 0 Å². The Morgan fingerprint density at radius 1 is 1.27 bits per heavy atom. The zero-order chi connectivity index (χ0) is 17.0. The number of halogens is 2. The van der Waals surface area contributed by atoms with Gasteiger partial charge in [-0.15, -0.1) is 0 Å². The number of rotatable bonds is 8. The number of ether oxygens (including phenoxy) is 1. The predicted molar refractivity (Wildman–Crippen MR) is 76.7 cm³/mol. The Bertz CT molecular complexity index is 603. The molecule has 0 aliphatic carbocycles. The number of benzene rings is 1. The van der Waals surface area contributed by atoms with Crippen LogP contribution in [-0.2, 0) is 24.6 Å². The lowest BCUT2D eigenvalue weighted by Crippen LogP contribution is -2.39. The van der Waals surface area contributed by atoms with Gasteiger partial charge in [0.25, 0.3) is 10.1 Å². The molecule has 0 amide bonds. The summed E-state index contributed by atoms with van der Waals surface area (Å²) < 4.78 is 58.9. The summed E-state index contributed by atoms with van der Waals surface area (Å²) in [5, 5.41) is 10.6. The molecule has 0 saturated carbocycles. The topological polar surface area (TPSA) is 72.8 Å².